The molecule has 1 fully saturated rings. The van der Waals surface area contributed by atoms with Crippen LogP contribution in [0.25, 0.3) is 0 Å². The summed E-state index contributed by atoms with van der Waals surface area (Å²) in [6.45, 7) is 4.71. The highest BCUT2D eigenvalue weighted by Gasteiger charge is 2.28. The molecule has 112 valence electrons. The molecule has 1 aliphatic rings. The lowest BCUT2D eigenvalue weighted by molar-refractivity contribution is 0.0248. The maximum absolute atomic E-state index is 12.6. The average Bonchev–Trinajstić information content (AvgIpc) is 2.48. The standard InChI is InChI=1S/C17H21NO3/c1-12-8-9-18(11-16(12)20)17(21)15-7-3-5-14(13(15)2)6-4-10-19/h3,5,7,12,16,19-20H,8-11H2,1-2H3. The number of β-amino-alcohol motifs (C(OH)–C–C–N with tert-alkyl or cyclic N) is 1. The Kier molecular flexibility index (Phi) is 5.00. The highest BCUT2D eigenvalue weighted by molar-refractivity contribution is 5.96. The van der Waals surface area contributed by atoms with Crippen LogP contribution in [0.4, 0.5) is 0 Å². The summed E-state index contributed by atoms with van der Waals surface area (Å²) >= 11 is 0. The van der Waals surface area contributed by atoms with Gasteiger partial charge >= 0.3 is 0 Å². The number of rotatable bonds is 1. The van der Waals surface area contributed by atoms with Crippen LogP contribution in [-0.4, -0.2) is 46.8 Å². The minimum atomic E-state index is -0.458. The third kappa shape index (κ3) is 3.44. The first kappa shape index (κ1) is 15.6. The van der Waals surface area contributed by atoms with Crippen molar-refractivity contribution in [1.82, 2.24) is 4.90 Å². The fraction of sp³-hybridized carbons (Fsp3) is 0.471. The molecule has 0 saturated carbocycles. The smallest absolute Gasteiger partial charge is 0.254 e. The quantitative estimate of drug-likeness (QED) is 0.763. The number of hydrogen-bond donors (Lipinski definition) is 2. The lowest BCUT2D eigenvalue weighted by Crippen LogP contribution is -2.46. The van der Waals surface area contributed by atoms with Gasteiger partial charge < -0.3 is 15.1 Å². The molecule has 1 heterocycles. The number of carbonyl (C=O) groups is 1. The largest absolute Gasteiger partial charge is 0.391 e. The Hall–Kier alpha value is -1.83. The van der Waals surface area contributed by atoms with Crippen LogP contribution in [0.3, 0.4) is 0 Å². The molecule has 2 unspecified atom stereocenters. The summed E-state index contributed by atoms with van der Waals surface area (Å²) in [5.74, 6) is 5.63. The number of aliphatic hydroxyl groups is 2. The number of piperidine rings is 1. The highest BCUT2D eigenvalue weighted by atomic mass is 16.3. The molecule has 2 rings (SSSR count). The van der Waals surface area contributed by atoms with Crippen molar-refractivity contribution in [2.45, 2.75) is 26.4 Å². The van der Waals surface area contributed by atoms with Crippen molar-refractivity contribution in [3.8, 4) is 11.8 Å². The minimum absolute atomic E-state index is 0.0638. The fourth-order valence-electron chi connectivity index (χ4n) is 2.54. The van der Waals surface area contributed by atoms with Crippen LogP contribution in [0.2, 0.25) is 0 Å². The van der Waals surface area contributed by atoms with E-state index in [1.165, 1.54) is 0 Å². The summed E-state index contributed by atoms with van der Waals surface area (Å²) < 4.78 is 0. The zero-order valence-electron chi connectivity index (χ0n) is 12.5. The molecule has 0 aromatic heterocycles. The lowest BCUT2D eigenvalue weighted by Gasteiger charge is -2.34. The Morgan fingerprint density at radius 2 is 2.24 bits per heavy atom. The van der Waals surface area contributed by atoms with Gasteiger partial charge in [0.25, 0.3) is 5.91 Å². The molecule has 2 N–H and O–H groups in total. The summed E-state index contributed by atoms with van der Waals surface area (Å²) in [7, 11) is 0. The molecule has 21 heavy (non-hydrogen) atoms. The van der Waals surface area contributed by atoms with Gasteiger partial charge in [0.2, 0.25) is 0 Å². The first-order valence-corrected chi connectivity index (χ1v) is 7.21. The topological polar surface area (TPSA) is 60.8 Å². The summed E-state index contributed by atoms with van der Waals surface area (Å²) in [4.78, 5) is 14.3. The van der Waals surface area contributed by atoms with Gasteiger partial charge in [0.15, 0.2) is 0 Å². The van der Waals surface area contributed by atoms with E-state index < -0.39 is 6.10 Å². The molecular formula is C17H21NO3. The molecule has 0 spiro atoms. The van der Waals surface area contributed by atoms with Crippen LogP contribution in [0.1, 0.15) is 34.8 Å². The molecule has 1 amide bonds. The van der Waals surface area contributed by atoms with Gasteiger partial charge in [-0.15, -0.1) is 0 Å². The summed E-state index contributed by atoms with van der Waals surface area (Å²) in [5, 5.41) is 18.7. The molecule has 4 heteroatoms. The van der Waals surface area contributed by atoms with E-state index >= 15 is 0 Å². The van der Waals surface area contributed by atoms with Crippen molar-refractivity contribution in [3.05, 3.63) is 34.9 Å². The summed E-state index contributed by atoms with van der Waals surface area (Å²) in [6, 6.07) is 5.42. The fourth-order valence-corrected chi connectivity index (χ4v) is 2.54. The van der Waals surface area contributed by atoms with Gasteiger partial charge in [-0.2, -0.15) is 0 Å². The molecule has 1 saturated heterocycles. The average molecular weight is 287 g/mol. The van der Waals surface area contributed by atoms with Crippen LogP contribution in [0, 0.1) is 24.7 Å². The van der Waals surface area contributed by atoms with Gasteiger partial charge in [-0.05, 0) is 37.0 Å². The number of carbonyl (C=O) groups excluding carboxylic acids is 1. The summed E-state index contributed by atoms with van der Waals surface area (Å²) in [6.07, 6.45) is 0.357. The van der Waals surface area contributed by atoms with Crippen LogP contribution in [0.15, 0.2) is 18.2 Å². The van der Waals surface area contributed by atoms with E-state index in [0.29, 0.717) is 18.7 Å². The normalized spacial score (nSPS) is 21.6. The zero-order valence-corrected chi connectivity index (χ0v) is 12.5. The van der Waals surface area contributed by atoms with Gasteiger partial charge in [-0.25, -0.2) is 0 Å². The predicted octanol–water partition coefficient (Wildman–Crippen LogP) is 1.18. The lowest BCUT2D eigenvalue weighted by atomic mass is 9.94. The van der Waals surface area contributed by atoms with Crippen LogP contribution >= 0.6 is 0 Å². The Morgan fingerprint density at radius 1 is 1.48 bits per heavy atom. The Labute approximate surface area is 125 Å². The number of amides is 1. The maximum Gasteiger partial charge on any atom is 0.254 e. The van der Waals surface area contributed by atoms with Crippen LogP contribution in [-0.2, 0) is 0 Å². The third-order valence-electron chi connectivity index (χ3n) is 4.07. The van der Waals surface area contributed by atoms with Crippen molar-refractivity contribution in [2.75, 3.05) is 19.7 Å². The van der Waals surface area contributed by atoms with E-state index in [2.05, 4.69) is 11.8 Å². The van der Waals surface area contributed by atoms with Gasteiger partial charge in [-0.1, -0.05) is 24.8 Å². The third-order valence-corrected chi connectivity index (χ3v) is 4.07. The molecule has 0 bridgehead atoms. The molecule has 4 nitrogen and oxygen atoms in total. The molecular weight excluding hydrogens is 266 g/mol. The van der Waals surface area contributed by atoms with E-state index in [-0.39, 0.29) is 18.4 Å². The van der Waals surface area contributed by atoms with E-state index in [1.807, 2.05) is 19.9 Å². The second kappa shape index (κ2) is 6.75. The van der Waals surface area contributed by atoms with Gasteiger partial charge in [-0.3, -0.25) is 4.79 Å². The van der Waals surface area contributed by atoms with Crippen molar-refractivity contribution in [1.29, 1.82) is 0 Å². The molecule has 1 aliphatic heterocycles. The van der Waals surface area contributed by atoms with Gasteiger partial charge in [0, 0.05) is 24.2 Å². The highest BCUT2D eigenvalue weighted by Crippen LogP contribution is 2.21. The van der Waals surface area contributed by atoms with E-state index in [9.17, 15) is 9.90 Å². The van der Waals surface area contributed by atoms with Crippen molar-refractivity contribution < 1.29 is 15.0 Å². The Morgan fingerprint density at radius 3 is 2.90 bits per heavy atom. The first-order valence-electron chi connectivity index (χ1n) is 7.21. The molecule has 1 aromatic rings. The number of benzene rings is 1. The molecule has 2 atom stereocenters. The molecule has 0 radical (unpaired) electrons. The molecule has 0 aliphatic carbocycles. The monoisotopic (exact) mass is 287 g/mol. The predicted molar refractivity (Wildman–Crippen MR) is 80.8 cm³/mol. The van der Waals surface area contributed by atoms with Gasteiger partial charge in [0.1, 0.15) is 6.61 Å². The number of hydrogen-bond acceptors (Lipinski definition) is 3. The second-order valence-corrected chi connectivity index (χ2v) is 5.52. The first-order chi connectivity index (χ1) is 10.0. The maximum atomic E-state index is 12.6. The minimum Gasteiger partial charge on any atom is -0.391 e. The zero-order chi connectivity index (χ0) is 15.4. The number of nitrogens with zero attached hydrogens (tertiary/aromatic N) is 1. The van der Waals surface area contributed by atoms with E-state index in [4.69, 9.17) is 5.11 Å². The SMILES string of the molecule is Cc1c(C#CCO)cccc1C(=O)N1CCC(C)C(O)C1. The Bertz CT molecular complexity index is 585. The second-order valence-electron chi connectivity index (χ2n) is 5.52. The van der Waals surface area contributed by atoms with Crippen molar-refractivity contribution in [2.24, 2.45) is 5.92 Å². The summed E-state index contributed by atoms with van der Waals surface area (Å²) in [5.41, 5.74) is 2.18. The van der Waals surface area contributed by atoms with Crippen LogP contribution < -0.4 is 0 Å². The number of aliphatic hydroxyl groups excluding tert-OH is 2. The number of likely N-dealkylation sites (tertiary alicyclic amines) is 1. The van der Waals surface area contributed by atoms with Gasteiger partial charge in [0.05, 0.1) is 6.10 Å². The van der Waals surface area contributed by atoms with E-state index in [1.54, 1.807) is 17.0 Å². The van der Waals surface area contributed by atoms with Crippen LogP contribution in [0.5, 0.6) is 0 Å². The van der Waals surface area contributed by atoms with E-state index in [0.717, 1.165) is 17.5 Å². The molecule has 1 aromatic carbocycles. The van der Waals surface area contributed by atoms with Crippen molar-refractivity contribution in [3.63, 3.8) is 0 Å². The van der Waals surface area contributed by atoms with Crippen molar-refractivity contribution >= 4 is 5.91 Å². The Balaban J connectivity index is 2.23.